The van der Waals surface area contributed by atoms with Gasteiger partial charge in [0.1, 0.15) is 5.75 Å². The van der Waals surface area contributed by atoms with Crippen LogP contribution >= 0.6 is 0 Å². The number of hydrogen-bond donors (Lipinski definition) is 1. The van der Waals surface area contributed by atoms with Crippen molar-refractivity contribution in [2.24, 2.45) is 0 Å². The summed E-state index contributed by atoms with van der Waals surface area (Å²) in [5, 5.41) is 0.640. The van der Waals surface area contributed by atoms with Gasteiger partial charge in [-0.25, -0.2) is 0 Å². The van der Waals surface area contributed by atoms with Crippen LogP contribution in [0.5, 0.6) is 17.2 Å². The summed E-state index contributed by atoms with van der Waals surface area (Å²) in [5.41, 5.74) is 0.0389. The van der Waals surface area contributed by atoms with Gasteiger partial charge in [0.05, 0.1) is 19.2 Å². The summed E-state index contributed by atoms with van der Waals surface area (Å²) in [4.78, 5) is 25.9. The summed E-state index contributed by atoms with van der Waals surface area (Å²) < 4.78 is 15.8. The molecule has 1 aromatic heterocycles. The normalized spacial score (nSPS) is 10.5. The maximum Gasteiger partial charge on any atom is 0.308 e. The van der Waals surface area contributed by atoms with E-state index in [1.165, 1.54) is 14.0 Å². The minimum absolute atomic E-state index is 0.137. The maximum atomic E-state index is 12.1. The monoisotopic (exact) mass is 305 g/mol. The predicted octanol–water partition coefficient (Wildman–Crippen LogP) is 2.64. The first-order valence-electron chi connectivity index (χ1n) is 7.12. The van der Waals surface area contributed by atoms with Crippen molar-refractivity contribution < 1.29 is 19.0 Å². The van der Waals surface area contributed by atoms with Crippen LogP contribution in [0, 0.1) is 0 Å². The van der Waals surface area contributed by atoms with Crippen LogP contribution in [0.4, 0.5) is 0 Å². The van der Waals surface area contributed by atoms with Crippen molar-refractivity contribution >= 4 is 16.9 Å². The molecule has 1 aromatic carbocycles. The molecule has 0 aliphatic heterocycles. The molecule has 118 valence electrons. The molecule has 0 saturated heterocycles. The van der Waals surface area contributed by atoms with Crippen LogP contribution in [0.25, 0.3) is 10.9 Å². The van der Waals surface area contributed by atoms with Gasteiger partial charge in [-0.05, 0) is 18.6 Å². The molecule has 6 nitrogen and oxygen atoms in total. The Bertz CT molecular complexity index is 735. The fourth-order valence-corrected chi connectivity index (χ4v) is 2.09. The maximum absolute atomic E-state index is 12.1. The van der Waals surface area contributed by atoms with E-state index in [1.54, 1.807) is 18.2 Å². The second kappa shape index (κ2) is 6.98. The Morgan fingerprint density at radius 3 is 2.68 bits per heavy atom. The molecule has 2 rings (SSSR count). The largest absolute Gasteiger partial charge is 0.494 e. The van der Waals surface area contributed by atoms with Gasteiger partial charge in [0, 0.05) is 18.4 Å². The van der Waals surface area contributed by atoms with Crippen LogP contribution in [0.3, 0.4) is 0 Å². The number of ether oxygens (including phenoxy) is 3. The highest BCUT2D eigenvalue weighted by atomic mass is 16.6. The number of carbonyl (C=O) groups is 1. The molecule has 22 heavy (non-hydrogen) atoms. The minimum atomic E-state index is -0.581. The van der Waals surface area contributed by atoms with Crippen molar-refractivity contribution in [2.75, 3.05) is 13.7 Å². The van der Waals surface area contributed by atoms with Crippen molar-refractivity contribution in [2.45, 2.75) is 26.7 Å². The zero-order valence-corrected chi connectivity index (χ0v) is 12.9. The van der Waals surface area contributed by atoms with E-state index in [-0.39, 0.29) is 11.5 Å². The molecule has 0 saturated carbocycles. The van der Waals surface area contributed by atoms with Crippen LogP contribution in [0.1, 0.15) is 26.7 Å². The Labute approximate surface area is 128 Å². The van der Waals surface area contributed by atoms with Gasteiger partial charge in [0.15, 0.2) is 5.75 Å². The van der Waals surface area contributed by atoms with Gasteiger partial charge in [-0.2, -0.15) is 0 Å². The number of carbonyl (C=O) groups excluding carboxylic acids is 1. The molecule has 0 radical (unpaired) electrons. The summed E-state index contributed by atoms with van der Waals surface area (Å²) >= 11 is 0. The van der Waals surface area contributed by atoms with Crippen LogP contribution in [0.15, 0.2) is 23.0 Å². The second-order valence-corrected chi connectivity index (χ2v) is 4.82. The van der Waals surface area contributed by atoms with E-state index in [9.17, 15) is 9.59 Å². The standard InChI is InChI=1S/C16H19NO5/c1-4-5-8-21-11-6-7-12-13(9-11)17-16(19)15(14(12)20-3)22-10(2)18/h6-7,9H,4-5,8H2,1-3H3,(H,17,19). The van der Waals surface area contributed by atoms with Crippen LogP contribution in [0.2, 0.25) is 0 Å². The second-order valence-electron chi connectivity index (χ2n) is 4.82. The van der Waals surface area contributed by atoms with Gasteiger partial charge in [-0.3, -0.25) is 9.59 Å². The Morgan fingerprint density at radius 2 is 2.05 bits per heavy atom. The number of aromatic amines is 1. The number of H-pyrrole nitrogens is 1. The molecule has 6 heteroatoms. The SMILES string of the molecule is CCCCOc1ccc2c(OC)c(OC(C)=O)c(=O)[nH]c2c1. The number of fused-ring (bicyclic) bond motifs is 1. The first-order valence-corrected chi connectivity index (χ1v) is 7.12. The number of pyridine rings is 1. The van der Waals surface area contributed by atoms with Gasteiger partial charge in [0.25, 0.3) is 5.56 Å². The van der Waals surface area contributed by atoms with E-state index >= 15 is 0 Å². The van der Waals surface area contributed by atoms with Gasteiger partial charge < -0.3 is 19.2 Å². The average molecular weight is 305 g/mol. The number of unbranched alkanes of at least 4 members (excludes halogenated alkanes) is 1. The Kier molecular flexibility index (Phi) is 5.04. The Morgan fingerprint density at radius 1 is 1.27 bits per heavy atom. The molecular weight excluding hydrogens is 286 g/mol. The lowest BCUT2D eigenvalue weighted by Crippen LogP contribution is -2.15. The van der Waals surface area contributed by atoms with Crippen LogP contribution < -0.4 is 19.8 Å². The van der Waals surface area contributed by atoms with E-state index in [4.69, 9.17) is 14.2 Å². The average Bonchev–Trinajstić information content (AvgIpc) is 2.48. The highest BCUT2D eigenvalue weighted by Crippen LogP contribution is 2.33. The van der Waals surface area contributed by atoms with Gasteiger partial charge >= 0.3 is 5.97 Å². The molecule has 0 spiro atoms. The molecule has 0 aliphatic carbocycles. The summed E-state index contributed by atoms with van der Waals surface area (Å²) in [7, 11) is 1.42. The zero-order valence-electron chi connectivity index (χ0n) is 12.9. The third-order valence-corrected chi connectivity index (χ3v) is 3.11. The lowest BCUT2D eigenvalue weighted by molar-refractivity contribution is -0.132. The van der Waals surface area contributed by atoms with Crippen molar-refractivity contribution in [3.8, 4) is 17.2 Å². The fourth-order valence-electron chi connectivity index (χ4n) is 2.09. The quantitative estimate of drug-likeness (QED) is 0.655. The summed E-state index contributed by atoms with van der Waals surface area (Å²) in [5.74, 6) is 0.178. The molecule has 0 unspecified atom stereocenters. The first-order chi connectivity index (χ1) is 10.6. The predicted molar refractivity (Wildman–Crippen MR) is 82.8 cm³/mol. The Hall–Kier alpha value is -2.50. The van der Waals surface area contributed by atoms with Crippen LogP contribution in [-0.2, 0) is 4.79 Å². The molecular formula is C16H19NO5. The van der Waals surface area contributed by atoms with Crippen LogP contribution in [-0.4, -0.2) is 24.7 Å². The number of nitrogens with one attached hydrogen (secondary N) is 1. The van der Waals surface area contributed by atoms with E-state index in [0.29, 0.717) is 23.3 Å². The number of aromatic nitrogens is 1. The first kappa shape index (κ1) is 15.9. The van der Waals surface area contributed by atoms with Crippen molar-refractivity contribution in [1.29, 1.82) is 0 Å². The summed E-state index contributed by atoms with van der Waals surface area (Å²) in [6, 6.07) is 5.28. The molecule has 0 fully saturated rings. The summed E-state index contributed by atoms with van der Waals surface area (Å²) in [6.07, 6.45) is 2.01. The zero-order chi connectivity index (χ0) is 16.1. The van der Waals surface area contributed by atoms with E-state index in [1.807, 2.05) is 0 Å². The molecule has 0 aliphatic rings. The number of rotatable bonds is 6. The van der Waals surface area contributed by atoms with E-state index < -0.39 is 11.5 Å². The van der Waals surface area contributed by atoms with Crippen molar-refractivity contribution in [1.82, 2.24) is 4.98 Å². The Balaban J connectivity index is 2.47. The molecule has 2 aromatic rings. The molecule has 0 atom stereocenters. The molecule has 1 heterocycles. The third-order valence-electron chi connectivity index (χ3n) is 3.11. The fraction of sp³-hybridized carbons (Fsp3) is 0.375. The molecule has 0 amide bonds. The van der Waals surface area contributed by atoms with Crippen molar-refractivity contribution in [3.05, 3.63) is 28.6 Å². The summed E-state index contributed by atoms with van der Waals surface area (Å²) in [6.45, 7) is 3.94. The molecule has 1 N–H and O–H groups in total. The number of methoxy groups -OCH3 is 1. The van der Waals surface area contributed by atoms with Gasteiger partial charge in [0.2, 0.25) is 5.75 Å². The highest BCUT2D eigenvalue weighted by molar-refractivity contribution is 5.89. The lowest BCUT2D eigenvalue weighted by atomic mass is 10.2. The van der Waals surface area contributed by atoms with E-state index in [0.717, 1.165) is 12.8 Å². The molecule has 0 bridgehead atoms. The minimum Gasteiger partial charge on any atom is -0.494 e. The van der Waals surface area contributed by atoms with E-state index in [2.05, 4.69) is 11.9 Å². The third kappa shape index (κ3) is 3.39. The van der Waals surface area contributed by atoms with Crippen molar-refractivity contribution in [3.63, 3.8) is 0 Å². The lowest BCUT2D eigenvalue weighted by Gasteiger charge is -2.11. The smallest absolute Gasteiger partial charge is 0.308 e. The topological polar surface area (TPSA) is 77.6 Å². The number of benzene rings is 1. The van der Waals surface area contributed by atoms with Gasteiger partial charge in [-0.1, -0.05) is 13.3 Å². The number of hydrogen-bond acceptors (Lipinski definition) is 5. The van der Waals surface area contributed by atoms with Gasteiger partial charge in [-0.15, -0.1) is 0 Å². The number of esters is 1. The highest BCUT2D eigenvalue weighted by Gasteiger charge is 2.17.